The first kappa shape index (κ1) is 15.9. The summed E-state index contributed by atoms with van der Waals surface area (Å²) in [4.78, 5) is 4.32. The average Bonchev–Trinajstić information content (AvgIpc) is 2.41. The molecule has 0 fully saturated rings. The first-order valence-corrected chi connectivity index (χ1v) is 8.74. The number of halogens is 1. The minimum atomic E-state index is -3.29. The minimum Gasteiger partial charge on any atom is -0.309 e. The van der Waals surface area contributed by atoms with E-state index in [1.54, 1.807) is 30.6 Å². The second-order valence-electron chi connectivity index (χ2n) is 4.89. The predicted molar refractivity (Wildman–Crippen MR) is 84.1 cm³/mol. The third-order valence-corrected chi connectivity index (χ3v) is 4.76. The lowest BCUT2D eigenvalue weighted by Gasteiger charge is -2.12. The van der Waals surface area contributed by atoms with Crippen molar-refractivity contribution >= 4 is 21.4 Å². The van der Waals surface area contributed by atoms with Gasteiger partial charge in [-0.15, -0.1) is 0 Å². The summed E-state index contributed by atoms with van der Waals surface area (Å²) in [5, 5.41) is 3.69. The second kappa shape index (κ2) is 6.56. The molecule has 0 amide bonds. The van der Waals surface area contributed by atoms with E-state index in [9.17, 15) is 8.42 Å². The maximum absolute atomic E-state index is 11.8. The van der Waals surface area contributed by atoms with Crippen molar-refractivity contribution in [1.82, 2.24) is 10.3 Å². The number of sulfone groups is 1. The van der Waals surface area contributed by atoms with Crippen molar-refractivity contribution in [3.63, 3.8) is 0 Å². The second-order valence-corrected chi connectivity index (χ2v) is 7.29. The van der Waals surface area contributed by atoms with Crippen LogP contribution < -0.4 is 5.32 Å². The highest BCUT2D eigenvalue weighted by molar-refractivity contribution is 7.90. The largest absolute Gasteiger partial charge is 0.309 e. The molecule has 6 heteroatoms. The summed E-state index contributed by atoms with van der Waals surface area (Å²) >= 11 is 6.13. The Morgan fingerprint density at radius 3 is 2.67 bits per heavy atom. The molecule has 0 aliphatic carbocycles. The highest BCUT2D eigenvalue weighted by Gasteiger charge is 2.15. The molecule has 0 saturated carbocycles. The molecule has 112 valence electrons. The van der Waals surface area contributed by atoms with Crippen LogP contribution in [0.4, 0.5) is 0 Å². The van der Waals surface area contributed by atoms with Crippen LogP contribution in [0.3, 0.4) is 0 Å². The third-order valence-electron chi connectivity index (χ3n) is 3.23. The highest BCUT2D eigenvalue weighted by Crippen LogP contribution is 2.24. The normalized spacial score (nSPS) is 11.6. The van der Waals surface area contributed by atoms with Gasteiger partial charge in [-0.25, -0.2) is 8.42 Å². The Morgan fingerprint density at radius 2 is 2.00 bits per heavy atom. The highest BCUT2D eigenvalue weighted by atomic mass is 35.5. The molecule has 0 unspecified atom stereocenters. The number of nitrogens with zero attached hydrogens (tertiary/aromatic N) is 1. The van der Waals surface area contributed by atoms with Gasteiger partial charge < -0.3 is 5.32 Å². The summed E-state index contributed by atoms with van der Waals surface area (Å²) in [5.41, 5.74) is 2.82. The summed E-state index contributed by atoms with van der Waals surface area (Å²) in [6.07, 6.45) is 4.73. The van der Waals surface area contributed by atoms with Crippen LogP contribution in [0, 0.1) is 6.92 Å². The van der Waals surface area contributed by atoms with Gasteiger partial charge in [-0.2, -0.15) is 0 Å². The van der Waals surface area contributed by atoms with E-state index in [0.717, 1.165) is 11.1 Å². The summed E-state index contributed by atoms with van der Waals surface area (Å²) in [6, 6.07) is 6.86. The lowest BCUT2D eigenvalue weighted by Crippen LogP contribution is -2.16. The van der Waals surface area contributed by atoms with Gasteiger partial charge in [0.1, 0.15) is 0 Å². The number of pyridine rings is 1. The molecular weight excluding hydrogens is 308 g/mol. The van der Waals surface area contributed by atoms with E-state index in [0.29, 0.717) is 23.7 Å². The van der Waals surface area contributed by atoms with Crippen LogP contribution in [0.5, 0.6) is 0 Å². The van der Waals surface area contributed by atoms with Crippen molar-refractivity contribution < 1.29 is 8.42 Å². The SMILES string of the molecule is Cc1cnccc1CNCc1c(Cl)cccc1S(C)(=O)=O. The fourth-order valence-corrected chi connectivity index (χ4v) is 3.33. The molecule has 2 aromatic rings. The summed E-state index contributed by atoms with van der Waals surface area (Å²) in [6.45, 7) is 3.01. The van der Waals surface area contributed by atoms with Crippen molar-refractivity contribution in [2.45, 2.75) is 24.9 Å². The zero-order valence-corrected chi connectivity index (χ0v) is 13.5. The number of aryl methyl sites for hydroxylation is 1. The molecule has 1 aromatic heterocycles. The van der Waals surface area contributed by atoms with E-state index in [1.807, 2.05) is 13.0 Å². The molecule has 0 saturated heterocycles. The van der Waals surface area contributed by atoms with Gasteiger partial charge in [0, 0.05) is 42.3 Å². The smallest absolute Gasteiger partial charge is 0.175 e. The van der Waals surface area contributed by atoms with Crippen molar-refractivity contribution in [1.29, 1.82) is 0 Å². The Kier molecular flexibility index (Phi) is 4.98. The van der Waals surface area contributed by atoms with Gasteiger partial charge in [-0.1, -0.05) is 17.7 Å². The molecule has 1 N–H and O–H groups in total. The standard InChI is InChI=1S/C15H17ClN2O2S/c1-11-8-17-7-6-12(11)9-18-10-13-14(16)4-3-5-15(13)21(2,19)20/h3-8,18H,9-10H2,1-2H3. The molecule has 1 heterocycles. The molecular formula is C15H17ClN2O2S. The molecule has 0 aliphatic heterocycles. The van der Waals surface area contributed by atoms with Crippen LogP contribution in [0.15, 0.2) is 41.6 Å². The summed E-state index contributed by atoms with van der Waals surface area (Å²) in [5.74, 6) is 0. The lowest BCUT2D eigenvalue weighted by molar-refractivity contribution is 0.598. The number of rotatable bonds is 5. The lowest BCUT2D eigenvalue weighted by atomic mass is 10.1. The quantitative estimate of drug-likeness (QED) is 0.918. The van der Waals surface area contributed by atoms with Crippen LogP contribution in [-0.4, -0.2) is 19.7 Å². The number of nitrogens with one attached hydrogen (secondary N) is 1. The number of benzene rings is 1. The summed E-state index contributed by atoms with van der Waals surface area (Å²) < 4.78 is 23.6. The van der Waals surface area contributed by atoms with Crippen LogP contribution in [-0.2, 0) is 22.9 Å². The first-order chi connectivity index (χ1) is 9.89. The van der Waals surface area contributed by atoms with Crippen molar-refractivity contribution in [2.24, 2.45) is 0 Å². The van der Waals surface area contributed by atoms with E-state index < -0.39 is 9.84 Å². The van der Waals surface area contributed by atoms with Gasteiger partial charge in [0.15, 0.2) is 9.84 Å². The number of aromatic nitrogens is 1. The molecule has 0 aliphatic rings. The molecule has 4 nitrogen and oxygen atoms in total. The Labute approximate surface area is 130 Å². The molecule has 1 aromatic carbocycles. The van der Waals surface area contributed by atoms with E-state index in [1.165, 1.54) is 6.26 Å². The van der Waals surface area contributed by atoms with E-state index >= 15 is 0 Å². The molecule has 0 spiro atoms. The van der Waals surface area contributed by atoms with Crippen LogP contribution in [0.1, 0.15) is 16.7 Å². The van der Waals surface area contributed by atoms with Gasteiger partial charge in [0.2, 0.25) is 0 Å². The van der Waals surface area contributed by atoms with E-state index in [4.69, 9.17) is 11.6 Å². The van der Waals surface area contributed by atoms with Gasteiger partial charge in [-0.05, 0) is 36.2 Å². The zero-order valence-electron chi connectivity index (χ0n) is 11.9. The number of hydrogen-bond acceptors (Lipinski definition) is 4. The monoisotopic (exact) mass is 324 g/mol. The maximum Gasteiger partial charge on any atom is 0.175 e. The first-order valence-electron chi connectivity index (χ1n) is 6.47. The average molecular weight is 325 g/mol. The van der Waals surface area contributed by atoms with Gasteiger partial charge in [-0.3, -0.25) is 4.98 Å². The fourth-order valence-electron chi connectivity index (χ4n) is 2.08. The van der Waals surface area contributed by atoms with Crippen LogP contribution in [0.25, 0.3) is 0 Å². The van der Waals surface area contributed by atoms with Crippen molar-refractivity contribution in [2.75, 3.05) is 6.26 Å². The zero-order chi connectivity index (χ0) is 15.5. The predicted octanol–water partition coefficient (Wildman–Crippen LogP) is 2.74. The third kappa shape index (κ3) is 4.03. The van der Waals surface area contributed by atoms with E-state index in [2.05, 4.69) is 10.3 Å². The topological polar surface area (TPSA) is 59.1 Å². The molecule has 0 bridgehead atoms. The number of hydrogen-bond donors (Lipinski definition) is 1. The minimum absolute atomic E-state index is 0.272. The molecule has 0 atom stereocenters. The molecule has 2 rings (SSSR count). The maximum atomic E-state index is 11.8. The van der Waals surface area contributed by atoms with Gasteiger partial charge in [0.25, 0.3) is 0 Å². The van der Waals surface area contributed by atoms with Crippen LogP contribution in [0.2, 0.25) is 5.02 Å². The Morgan fingerprint density at radius 1 is 1.24 bits per heavy atom. The Balaban J connectivity index is 2.16. The Hall–Kier alpha value is -1.43. The van der Waals surface area contributed by atoms with Crippen LogP contribution >= 0.6 is 11.6 Å². The van der Waals surface area contributed by atoms with Gasteiger partial charge in [0.05, 0.1) is 4.90 Å². The fraction of sp³-hybridized carbons (Fsp3) is 0.267. The van der Waals surface area contributed by atoms with E-state index in [-0.39, 0.29) is 4.90 Å². The molecule has 0 radical (unpaired) electrons. The van der Waals surface area contributed by atoms with Crippen molar-refractivity contribution in [3.05, 3.63) is 58.4 Å². The van der Waals surface area contributed by atoms with Gasteiger partial charge >= 0.3 is 0 Å². The molecule has 21 heavy (non-hydrogen) atoms. The van der Waals surface area contributed by atoms with Crippen molar-refractivity contribution in [3.8, 4) is 0 Å². The Bertz CT molecular complexity index is 745. The summed E-state index contributed by atoms with van der Waals surface area (Å²) in [7, 11) is -3.29.